The predicted molar refractivity (Wildman–Crippen MR) is 82.2 cm³/mol. The molecule has 0 amide bonds. The summed E-state index contributed by atoms with van der Waals surface area (Å²) in [5.74, 6) is 1.74. The molecule has 0 radical (unpaired) electrons. The molecule has 1 atom stereocenters. The van der Waals surface area contributed by atoms with Gasteiger partial charge in [0.15, 0.2) is 0 Å². The summed E-state index contributed by atoms with van der Waals surface area (Å²) in [6.45, 7) is 3.32. The molecule has 1 aliphatic heterocycles. The summed E-state index contributed by atoms with van der Waals surface area (Å²) >= 11 is 1.77. The highest BCUT2D eigenvalue weighted by molar-refractivity contribution is 7.09. The lowest BCUT2D eigenvalue weighted by Crippen LogP contribution is -2.21. The molecule has 3 rings (SSSR count). The van der Waals surface area contributed by atoms with Crippen LogP contribution in [-0.2, 0) is 13.0 Å². The zero-order valence-corrected chi connectivity index (χ0v) is 12.6. The van der Waals surface area contributed by atoms with Gasteiger partial charge in [-0.1, -0.05) is 18.2 Å². The predicted octanol–water partition coefficient (Wildman–Crippen LogP) is 3.22. The molecule has 0 spiro atoms. The summed E-state index contributed by atoms with van der Waals surface area (Å²) in [6, 6.07) is 8.31. The molecular weight excluding hydrogens is 268 g/mol. The highest BCUT2D eigenvalue weighted by Crippen LogP contribution is 2.25. The summed E-state index contributed by atoms with van der Waals surface area (Å²) < 4.78 is 5.43. The average molecular weight is 288 g/mol. The maximum atomic E-state index is 5.43. The van der Waals surface area contributed by atoms with Crippen molar-refractivity contribution >= 4 is 11.3 Å². The summed E-state index contributed by atoms with van der Waals surface area (Å²) in [4.78, 5) is 6.92. The molecule has 1 saturated heterocycles. The first-order chi connectivity index (χ1) is 9.85. The fourth-order valence-corrected chi connectivity index (χ4v) is 3.63. The second-order valence-electron chi connectivity index (χ2n) is 5.33. The minimum absolute atomic E-state index is 0.746. The molecule has 1 aromatic carbocycles. The van der Waals surface area contributed by atoms with Crippen LogP contribution in [0.1, 0.15) is 17.0 Å². The molecule has 1 fully saturated rings. The normalized spacial score (nSPS) is 19.4. The number of hydrogen-bond acceptors (Lipinski definition) is 4. The first kappa shape index (κ1) is 13.6. The smallest absolute Gasteiger partial charge is 0.123 e. The largest absolute Gasteiger partial charge is 0.496 e. The minimum atomic E-state index is 0.746. The van der Waals surface area contributed by atoms with Crippen molar-refractivity contribution in [3.63, 3.8) is 0 Å². The van der Waals surface area contributed by atoms with Gasteiger partial charge < -0.3 is 4.74 Å². The zero-order chi connectivity index (χ0) is 13.8. The van der Waals surface area contributed by atoms with Crippen LogP contribution < -0.4 is 4.74 Å². The molecule has 0 N–H and O–H groups in total. The van der Waals surface area contributed by atoms with Crippen molar-refractivity contribution in [2.24, 2.45) is 5.92 Å². The maximum Gasteiger partial charge on any atom is 0.123 e. The molecule has 0 unspecified atom stereocenters. The second-order valence-corrected chi connectivity index (χ2v) is 6.31. The monoisotopic (exact) mass is 288 g/mol. The molecule has 1 aromatic heterocycles. The van der Waals surface area contributed by atoms with Crippen molar-refractivity contribution in [3.05, 3.63) is 46.4 Å². The van der Waals surface area contributed by atoms with E-state index in [0.717, 1.165) is 31.2 Å². The van der Waals surface area contributed by atoms with Gasteiger partial charge in [0.1, 0.15) is 5.75 Å². The number of hydrogen-bond donors (Lipinski definition) is 0. The molecule has 2 aromatic rings. The molecule has 0 bridgehead atoms. The highest BCUT2D eigenvalue weighted by Gasteiger charge is 2.23. The Morgan fingerprint density at radius 3 is 3.10 bits per heavy atom. The lowest BCUT2D eigenvalue weighted by atomic mass is 10.1. The van der Waals surface area contributed by atoms with E-state index in [9.17, 15) is 0 Å². The first-order valence-electron chi connectivity index (χ1n) is 7.08. The summed E-state index contributed by atoms with van der Waals surface area (Å²) in [7, 11) is 1.74. The number of rotatable bonds is 5. The van der Waals surface area contributed by atoms with Gasteiger partial charge in [0.05, 0.1) is 12.1 Å². The van der Waals surface area contributed by atoms with Crippen molar-refractivity contribution in [1.82, 2.24) is 9.88 Å². The van der Waals surface area contributed by atoms with E-state index in [1.807, 2.05) is 18.3 Å². The second kappa shape index (κ2) is 6.37. The topological polar surface area (TPSA) is 25.4 Å². The van der Waals surface area contributed by atoms with Crippen molar-refractivity contribution in [2.75, 3.05) is 20.2 Å². The van der Waals surface area contributed by atoms with Gasteiger partial charge in [-0.25, -0.2) is 4.98 Å². The third-order valence-electron chi connectivity index (χ3n) is 3.90. The van der Waals surface area contributed by atoms with E-state index < -0.39 is 0 Å². The van der Waals surface area contributed by atoms with E-state index in [2.05, 4.69) is 27.4 Å². The molecule has 0 saturated carbocycles. The number of aromatic nitrogens is 1. The van der Waals surface area contributed by atoms with Gasteiger partial charge in [-0.2, -0.15) is 0 Å². The van der Waals surface area contributed by atoms with Gasteiger partial charge in [0.25, 0.3) is 0 Å². The number of nitrogens with zero attached hydrogens (tertiary/aromatic N) is 2. The van der Waals surface area contributed by atoms with Crippen LogP contribution in [0.4, 0.5) is 0 Å². The number of benzene rings is 1. The summed E-state index contributed by atoms with van der Waals surface area (Å²) in [5.41, 5.74) is 1.28. The quantitative estimate of drug-likeness (QED) is 0.844. The Morgan fingerprint density at radius 1 is 1.40 bits per heavy atom. The lowest BCUT2D eigenvalue weighted by Gasteiger charge is -2.17. The van der Waals surface area contributed by atoms with Gasteiger partial charge in [-0.15, -0.1) is 11.3 Å². The van der Waals surface area contributed by atoms with E-state index in [1.165, 1.54) is 23.5 Å². The van der Waals surface area contributed by atoms with Crippen LogP contribution in [0.25, 0.3) is 0 Å². The number of methoxy groups -OCH3 is 1. The van der Waals surface area contributed by atoms with Crippen molar-refractivity contribution in [2.45, 2.75) is 19.4 Å². The molecule has 0 aliphatic carbocycles. The van der Waals surface area contributed by atoms with Crippen molar-refractivity contribution in [1.29, 1.82) is 0 Å². The molecular formula is C16H20N2OS. The average Bonchev–Trinajstić information content (AvgIpc) is 3.12. The van der Waals surface area contributed by atoms with Crippen LogP contribution in [0, 0.1) is 5.92 Å². The fourth-order valence-electron chi connectivity index (χ4n) is 2.90. The number of para-hydroxylation sites is 1. The Kier molecular flexibility index (Phi) is 4.33. The SMILES string of the molecule is COc1ccccc1CN1CC[C@H](Cc2nccs2)C1. The highest BCUT2D eigenvalue weighted by atomic mass is 32.1. The first-order valence-corrected chi connectivity index (χ1v) is 7.95. The zero-order valence-electron chi connectivity index (χ0n) is 11.8. The number of likely N-dealkylation sites (tertiary alicyclic amines) is 1. The molecule has 4 heteroatoms. The summed E-state index contributed by atoms with van der Waals surface area (Å²) in [5, 5.41) is 3.34. The van der Waals surface area contributed by atoms with Crippen molar-refractivity contribution in [3.8, 4) is 5.75 Å². The van der Waals surface area contributed by atoms with Crippen LogP contribution >= 0.6 is 11.3 Å². The van der Waals surface area contributed by atoms with Crippen LogP contribution in [0.15, 0.2) is 35.8 Å². The molecule has 106 valence electrons. The Morgan fingerprint density at radius 2 is 2.30 bits per heavy atom. The van der Waals surface area contributed by atoms with Crippen LogP contribution in [0.5, 0.6) is 5.75 Å². The Labute approximate surface area is 124 Å². The fraction of sp³-hybridized carbons (Fsp3) is 0.438. The third-order valence-corrected chi connectivity index (χ3v) is 4.71. The van der Waals surface area contributed by atoms with Crippen LogP contribution in [0.2, 0.25) is 0 Å². The maximum absolute atomic E-state index is 5.43. The minimum Gasteiger partial charge on any atom is -0.496 e. The van der Waals surface area contributed by atoms with Gasteiger partial charge >= 0.3 is 0 Å². The van der Waals surface area contributed by atoms with Crippen LogP contribution in [-0.4, -0.2) is 30.1 Å². The number of ether oxygens (including phenoxy) is 1. The molecule has 3 nitrogen and oxygen atoms in total. The molecule has 20 heavy (non-hydrogen) atoms. The number of thiazole rings is 1. The third kappa shape index (κ3) is 3.19. The lowest BCUT2D eigenvalue weighted by molar-refractivity contribution is 0.308. The van der Waals surface area contributed by atoms with E-state index in [0.29, 0.717) is 0 Å². The Hall–Kier alpha value is -1.39. The Balaban J connectivity index is 1.57. The van der Waals surface area contributed by atoms with Gasteiger partial charge in [0, 0.05) is 36.7 Å². The molecule has 1 aliphatic rings. The van der Waals surface area contributed by atoms with Gasteiger partial charge in [-0.3, -0.25) is 4.90 Å². The van der Waals surface area contributed by atoms with E-state index in [-0.39, 0.29) is 0 Å². The molecule has 2 heterocycles. The van der Waals surface area contributed by atoms with E-state index in [4.69, 9.17) is 4.74 Å². The standard InChI is InChI=1S/C16H20N2OS/c1-19-15-5-3-2-4-14(15)12-18-8-6-13(11-18)10-16-17-7-9-20-16/h2-5,7,9,13H,6,8,10-12H2,1H3/t13-/m1/s1. The summed E-state index contributed by atoms with van der Waals surface area (Å²) in [6.07, 6.45) is 4.30. The van der Waals surface area contributed by atoms with Crippen molar-refractivity contribution < 1.29 is 4.74 Å². The van der Waals surface area contributed by atoms with Gasteiger partial charge in [-0.05, 0) is 24.9 Å². The van der Waals surface area contributed by atoms with Crippen LogP contribution in [0.3, 0.4) is 0 Å². The Bertz CT molecular complexity index is 541. The van der Waals surface area contributed by atoms with E-state index >= 15 is 0 Å². The van der Waals surface area contributed by atoms with E-state index in [1.54, 1.807) is 18.4 Å². The van der Waals surface area contributed by atoms with Gasteiger partial charge in [0.2, 0.25) is 0 Å².